The normalized spacial score (nSPS) is 14.2. The van der Waals surface area contributed by atoms with Gasteiger partial charge in [-0.25, -0.2) is 4.98 Å². The molecule has 0 saturated carbocycles. The van der Waals surface area contributed by atoms with Crippen molar-refractivity contribution in [2.45, 2.75) is 38.6 Å². The Morgan fingerprint density at radius 3 is 2.04 bits per heavy atom. The van der Waals surface area contributed by atoms with Crippen molar-refractivity contribution in [3.8, 4) is 73.5 Å². The summed E-state index contributed by atoms with van der Waals surface area (Å²) in [6.07, 6.45) is 1.82. The zero-order valence-corrected chi connectivity index (χ0v) is 33.6. The van der Waals surface area contributed by atoms with Crippen LogP contribution in [0.3, 0.4) is 0 Å². The molecule has 56 heavy (non-hydrogen) atoms. The van der Waals surface area contributed by atoms with Gasteiger partial charge < -0.3 is 13.9 Å². The molecule has 5 nitrogen and oxygen atoms in total. The number of hydrogen-bond acceptors (Lipinski definition) is 3. The number of hydrogen-bond donors (Lipinski definition) is 0. The Morgan fingerprint density at radius 2 is 1.25 bits per heavy atom. The van der Waals surface area contributed by atoms with Gasteiger partial charge in [-0.15, -0.1) is 41.3 Å². The van der Waals surface area contributed by atoms with Gasteiger partial charge in [0.1, 0.15) is 5.82 Å². The molecule has 6 heteroatoms. The Bertz CT molecular complexity index is 3030. The van der Waals surface area contributed by atoms with Crippen LogP contribution in [0.1, 0.15) is 33.3 Å². The second-order valence-corrected chi connectivity index (χ2v) is 15.6. The van der Waals surface area contributed by atoms with Crippen LogP contribution in [0.2, 0.25) is 0 Å². The van der Waals surface area contributed by atoms with Crippen LogP contribution in [0.15, 0.2) is 146 Å². The minimum absolute atomic E-state index is 0. The molecule has 2 aliphatic rings. The molecular weight excluding hydrogens is 868 g/mol. The molecule has 4 heterocycles. The molecule has 3 aromatic heterocycles. The third-order valence-corrected chi connectivity index (χ3v) is 12.3. The molecule has 1 aliphatic heterocycles. The quantitative estimate of drug-likeness (QED) is 0.165. The number of nitrogens with zero attached hydrogens (tertiary/aromatic N) is 4. The van der Waals surface area contributed by atoms with Crippen LogP contribution in [0.4, 0.5) is 0 Å². The van der Waals surface area contributed by atoms with Gasteiger partial charge in [-0.05, 0) is 65.3 Å². The van der Waals surface area contributed by atoms with Crippen molar-refractivity contribution < 1.29 is 25.8 Å². The van der Waals surface area contributed by atoms with Crippen LogP contribution in [-0.4, -0.2) is 19.1 Å². The van der Waals surface area contributed by atoms with Crippen molar-refractivity contribution >= 4 is 21.8 Å². The second kappa shape index (κ2) is 12.5. The predicted molar refractivity (Wildman–Crippen MR) is 222 cm³/mol. The van der Waals surface area contributed by atoms with Gasteiger partial charge >= 0.3 is 21.1 Å². The zero-order chi connectivity index (χ0) is 37.1. The Hall–Kier alpha value is -6.03. The predicted octanol–water partition coefficient (Wildman–Crippen LogP) is 12.4. The molecule has 0 N–H and O–H groups in total. The Balaban J connectivity index is 0.00000384. The van der Waals surface area contributed by atoms with Crippen LogP contribution in [0.5, 0.6) is 11.5 Å². The van der Waals surface area contributed by atoms with E-state index in [1.165, 1.54) is 33.4 Å². The molecule has 0 amide bonds. The average Bonchev–Trinajstić information content (AvgIpc) is 3.77. The molecule has 9 aromatic rings. The maximum atomic E-state index is 6.63. The number of imidazole rings is 1. The topological polar surface area (TPSA) is 44.9 Å². The first-order valence-corrected chi connectivity index (χ1v) is 18.8. The fourth-order valence-electron chi connectivity index (χ4n) is 9.02. The maximum absolute atomic E-state index is 6.63. The Morgan fingerprint density at radius 1 is 0.589 bits per heavy atom. The Labute approximate surface area is 340 Å². The standard InChI is InChI=1S/C50H36N4O.Pt/c1-49(2)41-23-14-22-39-35-18-6-5-17-34(35)36-19-7-8-21-40(36)46-47(45(39)41)54(50(49,3)4)48(52-46)31-15-13-16-32(29-31)55-33-26-27-38-37-20-9-10-24-42(37)53(43(38)30-33)44-25-11-12-28-51-44;/h5-28H,1-4H3;/q-2;+2. The molecule has 0 unspecified atom stereocenters. The van der Waals surface area contributed by atoms with Crippen molar-refractivity contribution in [2.24, 2.45) is 0 Å². The van der Waals surface area contributed by atoms with Crippen LogP contribution in [-0.2, 0) is 32.0 Å². The SMILES string of the molecule is CC1(C)c2cccc3c2-c2c(nc(-c4[c-]c(Oc5[c-]c6c(cc5)c5ccccc5n6-c5ccccn5)ccc4)n2C1(C)C)-c1ccccc1-c1ccccc1-3.[Pt+2]. The summed E-state index contributed by atoms with van der Waals surface area (Å²) in [7, 11) is 0. The van der Waals surface area contributed by atoms with Gasteiger partial charge in [-0.2, -0.15) is 6.07 Å². The molecule has 1 aliphatic carbocycles. The summed E-state index contributed by atoms with van der Waals surface area (Å²) in [4.78, 5) is 10.3. The molecule has 0 spiro atoms. The van der Waals surface area contributed by atoms with Gasteiger partial charge in [0.25, 0.3) is 0 Å². The van der Waals surface area contributed by atoms with Crippen LogP contribution >= 0.6 is 0 Å². The average molecular weight is 904 g/mol. The number of fused-ring (bicyclic) bond motifs is 8. The van der Waals surface area contributed by atoms with E-state index in [1.54, 1.807) is 0 Å². The number of benzene rings is 6. The number of pyridine rings is 1. The zero-order valence-electron chi connectivity index (χ0n) is 31.4. The molecule has 6 aromatic carbocycles. The molecule has 0 fully saturated rings. The van der Waals surface area contributed by atoms with Crippen molar-refractivity contribution in [1.82, 2.24) is 19.1 Å². The summed E-state index contributed by atoms with van der Waals surface area (Å²) < 4.78 is 11.3. The largest absolute Gasteiger partial charge is 2.00 e. The molecule has 11 rings (SSSR count). The van der Waals surface area contributed by atoms with Crippen molar-refractivity contribution in [1.29, 1.82) is 0 Å². The number of aromatic nitrogens is 4. The third kappa shape index (κ3) is 4.77. The van der Waals surface area contributed by atoms with E-state index in [9.17, 15) is 0 Å². The molecule has 0 bridgehead atoms. The van der Waals surface area contributed by atoms with Gasteiger partial charge in [0.2, 0.25) is 0 Å². The van der Waals surface area contributed by atoms with E-state index in [-0.39, 0.29) is 32.0 Å². The first-order chi connectivity index (χ1) is 26.8. The first kappa shape index (κ1) is 34.5. The van der Waals surface area contributed by atoms with E-state index >= 15 is 0 Å². The van der Waals surface area contributed by atoms with E-state index in [0.717, 1.165) is 56.0 Å². The minimum Gasteiger partial charge on any atom is -0.503 e. The monoisotopic (exact) mass is 903 g/mol. The van der Waals surface area contributed by atoms with E-state index in [4.69, 9.17) is 9.72 Å². The van der Waals surface area contributed by atoms with Crippen molar-refractivity contribution in [3.63, 3.8) is 0 Å². The molecule has 272 valence electrons. The van der Waals surface area contributed by atoms with Crippen molar-refractivity contribution in [3.05, 3.63) is 163 Å². The summed E-state index contributed by atoms with van der Waals surface area (Å²) in [5.74, 6) is 2.90. The van der Waals surface area contributed by atoms with E-state index in [0.29, 0.717) is 11.5 Å². The molecule has 0 radical (unpaired) electrons. The van der Waals surface area contributed by atoms with E-state index in [2.05, 4.69) is 157 Å². The smallest absolute Gasteiger partial charge is 0.503 e. The van der Waals surface area contributed by atoms with Gasteiger partial charge in [0, 0.05) is 45.3 Å². The van der Waals surface area contributed by atoms with Crippen LogP contribution < -0.4 is 4.74 Å². The first-order valence-electron chi connectivity index (χ1n) is 18.8. The molecular formula is C50H36N4OPt. The van der Waals surface area contributed by atoms with Crippen LogP contribution in [0, 0.1) is 12.1 Å². The third-order valence-electron chi connectivity index (χ3n) is 12.3. The van der Waals surface area contributed by atoms with Gasteiger partial charge in [-0.3, -0.25) is 4.98 Å². The fourth-order valence-corrected chi connectivity index (χ4v) is 9.02. The van der Waals surface area contributed by atoms with Crippen LogP contribution in [0.25, 0.3) is 83.8 Å². The summed E-state index contributed by atoms with van der Waals surface area (Å²) in [6.45, 7) is 9.43. The summed E-state index contributed by atoms with van der Waals surface area (Å²) >= 11 is 0. The van der Waals surface area contributed by atoms with E-state index < -0.39 is 0 Å². The summed E-state index contributed by atoms with van der Waals surface area (Å²) in [6, 6.07) is 56.1. The number of para-hydroxylation sites is 1. The Kier molecular flexibility index (Phi) is 7.69. The number of ether oxygens (including phenoxy) is 1. The second-order valence-electron chi connectivity index (χ2n) is 15.6. The fraction of sp³-hybridized carbons (Fsp3) is 0.120. The van der Waals surface area contributed by atoms with Gasteiger partial charge in [-0.1, -0.05) is 116 Å². The summed E-state index contributed by atoms with van der Waals surface area (Å²) in [5.41, 5.74) is 13.0. The van der Waals surface area contributed by atoms with Crippen molar-refractivity contribution in [2.75, 3.05) is 0 Å². The van der Waals surface area contributed by atoms with E-state index in [1.807, 2.05) is 42.6 Å². The molecule has 0 atom stereocenters. The van der Waals surface area contributed by atoms with Gasteiger partial charge in [0.05, 0.1) is 17.2 Å². The number of rotatable bonds is 4. The maximum Gasteiger partial charge on any atom is 2.00 e. The summed E-state index contributed by atoms with van der Waals surface area (Å²) in [5, 5.41) is 2.23. The molecule has 0 saturated heterocycles. The minimum atomic E-state index is -0.357. The van der Waals surface area contributed by atoms with Gasteiger partial charge in [0.15, 0.2) is 0 Å².